The maximum atomic E-state index is 14.5. The first-order valence-electron chi connectivity index (χ1n) is 7.64. The Bertz CT molecular complexity index is 771. The van der Waals surface area contributed by atoms with Crippen LogP contribution in [0.25, 0.3) is 11.3 Å². The van der Waals surface area contributed by atoms with Crippen molar-refractivity contribution in [3.63, 3.8) is 0 Å². The van der Waals surface area contributed by atoms with E-state index in [0.29, 0.717) is 17.7 Å². The van der Waals surface area contributed by atoms with Gasteiger partial charge in [-0.15, -0.1) is 0 Å². The van der Waals surface area contributed by atoms with E-state index in [0.717, 1.165) is 11.3 Å². The highest BCUT2D eigenvalue weighted by atomic mass is 19.1. The van der Waals surface area contributed by atoms with Gasteiger partial charge in [-0.3, -0.25) is 0 Å². The first-order valence-corrected chi connectivity index (χ1v) is 7.64. The summed E-state index contributed by atoms with van der Waals surface area (Å²) in [6, 6.07) is 8.45. The second-order valence-electron chi connectivity index (χ2n) is 7.19. The lowest BCUT2D eigenvalue weighted by atomic mass is 9.69. The summed E-state index contributed by atoms with van der Waals surface area (Å²) in [4.78, 5) is 0. The van der Waals surface area contributed by atoms with Crippen LogP contribution in [0.4, 0.5) is 8.78 Å². The molecule has 0 aliphatic heterocycles. The number of benzene rings is 1. The fraction of sp³-hybridized carbons (Fsp3) is 0.444. The molecule has 22 heavy (non-hydrogen) atoms. The monoisotopic (exact) mass is 300 g/mol. The minimum Gasteiger partial charge on any atom is -0.246 e. The van der Waals surface area contributed by atoms with Gasteiger partial charge in [-0.05, 0) is 41.5 Å². The summed E-state index contributed by atoms with van der Waals surface area (Å²) in [6.45, 7) is 6.14. The summed E-state index contributed by atoms with van der Waals surface area (Å²) >= 11 is 0. The Morgan fingerprint density at radius 1 is 1.14 bits per heavy atom. The molecule has 0 saturated heterocycles. The van der Waals surface area contributed by atoms with Crippen LogP contribution in [0.2, 0.25) is 0 Å². The summed E-state index contributed by atoms with van der Waals surface area (Å²) < 4.78 is 28.5. The number of aromatic nitrogens is 2. The van der Waals surface area contributed by atoms with Crippen LogP contribution in [-0.2, 0) is 5.41 Å². The van der Waals surface area contributed by atoms with Crippen LogP contribution in [0.1, 0.15) is 44.4 Å². The van der Waals surface area contributed by atoms with Gasteiger partial charge in [0.2, 0.25) is 0 Å². The zero-order valence-corrected chi connectivity index (χ0v) is 12.9. The van der Waals surface area contributed by atoms with E-state index in [4.69, 9.17) is 0 Å². The third-order valence-corrected chi connectivity index (χ3v) is 6.12. The minimum absolute atomic E-state index is 0.114. The van der Waals surface area contributed by atoms with Gasteiger partial charge in [0.25, 0.3) is 0 Å². The van der Waals surface area contributed by atoms with Crippen LogP contribution < -0.4 is 0 Å². The lowest BCUT2D eigenvalue weighted by molar-refractivity contribution is 0.146. The third-order valence-electron chi connectivity index (χ3n) is 6.12. The van der Waals surface area contributed by atoms with E-state index in [1.165, 1.54) is 6.07 Å². The Hall–Kier alpha value is -1.84. The maximum Gasteiger partial charge on any atom is 0.132 e. The number of rotatable bonds is 1. The van der Waals surface area contributed by atoms with Crippen molar-refractivity contribution in [2.24, 2.45) is 5.41 Å². The Morgan fingerprint density at radius 3 is 2.59 bits per heavy atom. The molecule has 1 unspecified atom stereocenters. The minimum atomic E-state index is -0.895. The molecule has 1 heterocycles. The summed E-state index contributed by atoms with van der Waals surface area (Å²) in [6.07, 6.45) is -0.382. The average Bonchev–Trinajstić information content (AvgIpc) is 2.77. The highest BCUT2D eigenvalue weighted by Gasteiger charge is 2.66. The van der Waals surface area contributed by atoms with Gasteiger partial charge in [0.15, 0.2) is 0 Å². The SMILES string of the molecule is CC1(C)[C@H]2C[C@@H](F)C1(C)c1nnc(-c3ccccc3F)cc12. The topological polar surface area (TPSA) is 25.8 Å². The molecule has 1 saturated carbocycles. The van der Waals surface area contributed by atoms with Crippen LogP contribution in [0.15, 0.2) is 30.3 Å². The van der Waals surface area contributed by atoms with E-state index in [9.17, 15) is 8.78 Å². The zero-order valence-electron chi connectivity index (χ0n) is 12.9. The Balaban J connectivity index is 1.90. The van der Waals surface area contributed by atoms with Crippen molar-refractivity contribution in [2.45, 2.75) is 44.7 Å². The molecule has 4 rings (SSSR count). The number of fused-ring (bicyclic) bond motifs is 5. The molecule has 4 heteroatoms. The Labute approximate surface area is 128 Å². The van der Waals surface area contributed by atoms with Crippen molar-refractivity contribution in [1.29, 1.82) is 0 Å². The smallest absolute Gasteiger partial charge is 0.132 e. The van der Waals surface area contributed by atoms with Gasteiger partial charge < -0.3 is 0 Å². The van der Waals surface area contributed by atoms with Gasteiger partial charge >= 0.3 is 0 Å². The molecule has 2 nitrogen and oxygen atoms in total. The number of alkyl halides is 1. The van der Waals surface area contributed by atoms with Gasteiger partial charge in [0, 0.05) is 11.0 Å². The van der Waals surface area contributed by atoms with E-state index in [1.807, 2.05) is 13.0 Å². The van der Waals surface area contributed by atoms with Gasteiger partial charge in [0.05, 0.1) is 11.4 Å². The van der Waals surface area contributed by atoms with Crippen LogP contribution in [0.3, 0.4) is 0 Å². The van der Waals surface area contributed by atoms with Crippen molar-refractivity contribution in [3.8, 4) is 11.3 Å². The Kier molecular flexibility index (Phi) is 2.58. The van der Waals surface area contributed by atoms with Gasteiger partial charge in [0.1, 0.15) is 12.0 Å². The zero-order chi connectivity index (χ0) is 15.7. The van der Waals surface area contributed by atoms with Gasteiger partial charge in [-0.2, -0.15) is 10.2 Å². The molecule has 0 amide bonds. The fourth-order valence-electron chi connectivity index (χ4n) is 4.35. The van der Waals surface area contributed by atoms with E-state index in [2.05, 4.69) is 24.0 Å². The highest BCUT2D eigenvalue weighted by molar-refractivity contribution is 5.62. The molecule has 1 aromatic heterocycles. The lowest BCUT2D eigenvalue weighted by Gasteiger charge is -2.35. The molecule has 0 spiro atoms. The molecule has 1 aromatic carbocycles. The molecule has 1 fully saturated rings. The maximum absolute atomic E-state index is 14.5. The van der Waals surface area contributed by atoms with Crippen LogP contribution in [-0.4, -0.2) is 16.4 Å². The van der Waals surface area contributed by atoms with E-state index >= 15 is 0 Å². The molecule has 2 aliphatic carbocycles. The number of halogens is 2. The summed E-state index contributed by atoms with van der Waals surface area (Å²) in [7, 11) is 0. The molecule has 2 bridgehead atoms. The second kappa shape index (κ2) is 4.12. The predicted molar refractivity (Wildman–Crippen MR) is 80.8 cm³/mol. The number of hydrogen-bond acceptors (Lipinski definition) is 2. The molecule has 2 aromatic rings. The van der Waals surface area contributed by atoms with Crippen molar-refractivity contribution in [2.75, 3.05) is 0 Å². The van der Waals surface area contributed by atoms with Crippen LogP contribution in [0, 0.1) is 11.2 Å². The number of hydrogen-bond donors (Lipinski definition) is 0. The van der Waals surface area contributed by atoms with E-state index < -0.39 is 11.6 Å². The molecule has 2 aliphatic rings. The highest BCUT2D eigenvalue weighted by Crippen LogP contribution is 2.67. The summed E-state index contributed by atoms with van der Waals surface area (Å²) in [5.74, 6) is -0.197. The predicted octanol–water partition coefficient (Wildman–Crippen LogP) is 4.41. The molecular weight excluding hydrogens is 282 g/mol. The van der Waals surface area contributed by atoms with Crippen molar-refractivity contribution in [1.82, 2.24) is 10.2 Å². The fourth-order valence-corrected chi connectivity index (χ4v) is 4.35. The molecular formula is C18H18F2N2. The summed E-state index contributed by atoms with van der Waals surface area (Å²) in [5, 5.41) is 8.51. The van der Waals surface area contributed by atoms with E-state index in [-0.39, 0.29) is 17.2 Å². The van der Waals surface area contributed by atoms with Crippen LogP contribution in [0.5, 0.6) is 0 Å². The van der Waals surface area contributed by atoms with Crippen molar-refractivity contribution < 1.29 is 8.78 Å². The average molecular weight is 300 g/mol. The van der Waals surface area contributed by atoms with Gasteiger partial charge in [-0.1, -0.05) is 32.9 Å². The molecule has 114 valence electrons. The second-order valence-corrected chi connectivity index (χ2v) is 7.19. The third kappa shape index (κ3) is 1.43. The molecule has 3 atom stereocenters. The van der Waals surface area contributed by atoms with Crippen molar-refractivity contribution >= 4 is 0 Å². The largest absolute Gasteiger partial charge is 0.246 e. The standard InChI is InChI=1S/C18H18F2N2/c1-17(2)12-9-15(20)18(17,3)16-11(12)8-14(21-22-16)10-6-4-5-7-13(10)19/h4-8,12,15H,9H2,1-3H3/t12-,15+,18?/m0/s1. The normalized spacial score (nSPS) is 31.3. The first kappa shape index (κ1) is 13.8. The molecule has 0 N–H and O–H groups in total. The van der Waals surface area contributed by atoms with E-state index in [1.54, 1.807) is 18.2 Å². The van der Waals surface area contributed by atoms with Crippen LogP contribution >= 0.6 is 0 Å². The lowest BCUT2D eigenvalue weighted by Crippen LogP contribution is -2.39. The number of nitrogens with zero attached hydrogens (tertiary/aromatic N) is 2. The first-order chi connectivity index (χ1) is 10.4. The Morgan fingerprint density at radius 2 is 1.86 bits per heavy atom. The molecule has 0 radical (unpaired) electrons. The van der Waals surface area contributed by atoms with Gasteiger partial charge in [-0.25, -0.2) is 8.78 Å². The van der Waals surface area contributed by atoms with Crippen molar-refractivity contribution in [3.05, 3.63) is 47.4 Å². The quantitative estimate of drug-likeness (QED) is 0.780. The summed E-state index contributed by atoms with van der Waals surface area (Å²) in [5.41, 5.74) is 1.96.